The molecule has 11 nitrogen and oxygen atoms in total. The fourth-order valence-corrected chi connectivity index (χ4v) is 5.02. The number of sulfonamides is 1. The molecule has 1 aromatic rings. The first-order valence-electron chi connectivity index (χ1n) is 11.0. The highest BCUT2D eigenvalue weighted by Crippen LogP contribution is 2.18. The minimum absolute atomic E-state index is 0.0706. The maximum absolute atomic E-state index is 12.5. The Hall–Kier alpha value is -2.99. The quantitative estimate of drug-likeness (QED) is 0.458. The van der Waals surface area contributed by atoms with Crippen LogP contribution in [0, 0.1) is 5.92 Å². The van der Waals surface area contributed by atoms with Gasteiger partial charge < -0.3 is 19.7 Å². The van der Waals surface area contributed by atoms with Gasteiger partial charge in [0.25, 0.3) is 11.8 Å². The van der Waals surface area contributed by atoms with Crippen LogP contribution in [-0.2, 0) is 33.9 Å². The topological polar surface area (TPSA) is 139 Å². The lowest BCUT2D eigenvalue weighted by molar-refractivity contribution is -0.153. The van der Waals surface area contributed by atoms with Crippen molar-refractivity contribution in [2.24, 2.45) is 5.92 Å². The summed E-state index contributed by atoms with van der Waals surface area (Å²) in [6.45, 7) is 3.96. The van der Waals surface area contributed by atoms with Crippen molar-refractivity contribution in [3.63, 3.8) is 0 Å². The lowest BCUT2D eigenvalue weighted by Crippen LogP contribution is -2.42. The van der Waals surface area contributed by atoms with Gasteiger partial charge in [-0.15, -0.1) is 0 Å². The third-order valence-corrected chi connectivity index (χ3v) is 7.66. The number of carbonyl (C=O) groups is 4. The van der Waals surface area contributed by atoms with Crippen LogP contribution in [0.4, 0.5) is 0 Å². The van der Waals surface area contributed by atoms with Crippen molar-refractivity contribution in [3.05, 3.63) is 29.8 Å². The molecule has 1 saturated heterocycles. The summed E-state index contributed by atoms with van der Waals surface area (Å²) in [4.78, 5) is 49.5. The number of benzene rings is 1. The summed E-state index contributed by atoms with van der Waals surface area (Å²) < 4.78 is 36.0. The second-order valence-corrected chi connectivity index (χ2v) is 9.57. The molecule has 0 spiro atoms. The third-order valence-electron chi connectivity index (χ3n) is 5.59. The number of ether oxygens (including phenoxy) is 2. The van der Waals surface area contributed by atoms with Gasteiger partial charge in [0.05, 0.1) is 17.9 Å². The summed E-state index contributed by atoms with van der Waals surface area (Å²) in [5.41, 5.74) is 0.177. The van der Waals surface area contributed by atoms with Gasteiger partial charge in [0, 0.05) is 31.7 Å². The molecule has 0 bridgehead atoms. The maximum Gasteiger partial charge on any atom is 0.325 e. The summed E-state index contributed by atoms with van der Waals surface area (Å²) in [7, 11) is -2.31. The monoisotopic (exact) mass is 497 g/mol. The molecule has 1 aliphatic rings. The number of hydrogen-bond donors (Lipinski definition) is 1. The van der Waals surface area contributed by atoms with Crippen LogP contribution in [0.25, 0.3) is 0 Å². The maximum atomic E-state index is 12.5. The van der Waals surface area contributed by atoms with Gasteiger partial charge in [0.1, 0.15) is 6.54 Å². The van der Waals surface area contributed by atoms with Gasteiger partial charge in [0.15, 0.2) is 6.61 Å². The van der Waals surface area contributed by atoms with E-state index in [1.165, 1.54) is 40.6 Å². The number of nitrogens with zero attached hydrogens (tertiary/aromatic N) is 2. The number of hydrogen-bond acceptors (Lipinski definition) is 8. The first-order valence-corrected chi connectivity index (χ1v) is 12.5. The molecule has 0 atom stereocenters. The molecule has 12 heteroatoms. The molecule has 1 heterocycles. The van der Waals surface area contributed by atoms with E-state index in [2.05, 4.69) is 5.32 Å². The van der Waals surface area contributed by atoms with Crippen molar-refractivity contribution in [2.45, 2.75) is 31.6 Å². The fourth-order valence-electron chi connectivity index (χ4n) is 3.56. The Labute approximate surface area is 199 Å². The Morgan fingerprint density at radius 2 is 1.65 bits per heavy atom. The van der Waals surface area contributed by atoms with Crippen LogP contribution in [0.5, 0.6) is 0 Å². The Morgan fingerprint density at radius 3 is 2.18 bits per heavy atom. The van der Waals surface area contributed by atoms with E-state index in [9.17, 15) is 27.6 Å². The zero-order valence-electron chi connectivity index (χ0n) is 19.6. The summed E-state index contributed by atoms with van der Waals surface area (Å²) in [6.07, 6.45) is 0.967. The van der Waals surface area contributed by atoms with E-state index < -0.39 is 35.1 Å². The van der Waals surface area contributed by atoms with Crippen LogP contribution in [0.2, 0.25) is 0 Å². The fraction of sp³-hybridized carbons (Fsp3) is 0.545. The molecule has 0 aromatic heterocycles. The van der Waals surface area contributed by atoms with Crippen molar-refractivity contribution in [1.29, 1.82) is 0 Å². The number of amides is 2. The van der Waals surface area contributed by atoms with Gasteiger partial charge >= 0.3 is 11.9 Å². The van der Waals surface area contributed by atoms with Crippen LogP contribution in [0.15, 0.2) is 29.2 Å². The van der Waals surface area contributed by atoms with E-state index in [-0.39, 0.29) is 28.3 Å². The number of methoxy groups -OCH3 is 1. The second kappa shape index (κ2) is 12.5. The van der Waals surface area contributed by atoms with Gasteiger partial charge in [-0.2, -0.15) is 4.31 Å². The van der Waals surface area contributed by atoms with Crippen molar-refractivity contribution in [3.8, 4) is 0 Å². The molecule has 2 amide bonds. The highest BCUT2D eigenvalue weighted by Gasteiger charge is 2.28. The largest absolute Gasteiger partial charge is 0.469 e. The van der Waals surface area contributed by atoms with Gasteiger partial charge in [-0.3, -0.25) is 19.2 Å². The third kappa shape index (κ3) is 7.00. The lowest BCUT2D eigenvalue weighted by atomic mass is 9.97. The average Bonchev–Trinajstić information content (AvgIpc) is 2.86. The van der Waals surface area contributed by atoms with Gasteiger partial charge in [0.2, 0.25) is 10.0 Å². The molecular weight excluding hydrogens is 466 g/mol. The Bertz CT molecular complexity index is 982. The van der Waals surface area contributed by atoms with Crippen LogP contribution in [-0.4, -0.2) is 87.8 Å². The van der Waals surface area contributed by atoms with Gasteiger partial charge in [-0.05, 0) is 37.1 Å². The van der Waals surface area contributed by atoms with Crippen molar-refractivity contribution < 1.29 is 37.1 Å². The summed E-state index contributed by atoms with van der Waals surface area (Å²) in [5.74, 6) is -2.28. The first kappa shape index (κ1) is 27.3. The van der Waals surface area contributed by atoms with Crippen LogP contribution < -0.4 is 5.32 Å². The Morgan fingerprint density at radius 1 is 1.06 bits per heavy atom. The molecule has 34 heavy (non-hydrogen) atoms. The summed E-state index contributed by atoms with van der Waals surface area (Å²) >= 11 is 0. The van der Waals surface area contributed by atoms with Crippen molar-refractivity contribution in [2.75, 3.05) is 46.4 Å². The lowest BCUT2D eigenvalue weighted by Gasteiger charge is -2.30. The minimum atomic E-state index is -3.63. The predicted molar refractivity (Wildman–Crippen MR) is 121 cm³/mol. The molecule has 0 radical (unpaired) electrons. The molecule has 0 aliphatic carbocycles. The number of likely N-dealkylation sites (tertiary alicyclic amines) is 1. The normalized spacial score (nSPS) is 14.5. The highest BCUT2D eigenvalue weighted by atomic mass is 32.2. The van der Waals surface area contributed by atoms with Crippen molar-refractivity contribution in [1.82, 2.24) is 14.5 Å². The average molecular weight is 498 g/mol. The summed E-state index contributed by atoms with van der Waals surface area (Å²) in [6, 6.07) is 5.39. The Balaban J connectivity index is 1.78. The molecule has 0 saturated carbocycles. The standard InChI is InChI=1S/C22H31N3O8S/c1-4-25(5-2)34(30,31)18-8-6-16(7-9-18)21(28)23-14-20(27)33-15-19(26)24-12-10-17(11-13-24)22(29)32-3/h6-9,17H,4-5,10-15H2,1-3H3,(H,23,28). The number of piperidine rings is 1. The zero-order chi connectivity index (χ0) is 25.3. The van der Waals surface area contributed by atoms with E-state index in [4.69, 9.17) is 9.47 Å². The molecule has 1 aromatic carbocycles. The van der Waals surface area contributed by atoms with Crippen LogP contribution >= 0.6 is 0 Å². The van der Waals surface area contributed by atoms with Gasteiger partial charge in [-0.25, -0.2) is 8.42 Å². The molecule has 1 fully saturated rings. The molecule has 2 rings (SSSR count). The highest BCUT2D eigenvalue weighted by molar-refractivity contribution is 7.89. The number of carbonyl (C=O) groups excluding carboxylic acids is 4. The van der Waals surface area contributed by atoms with E-state index in [0.717, 1.165) is 0 Å². The predicted octanol–water partition coefficient (Wildman–Crippen LogP) is 0.402. The summed E-state index contributed by atoms with van der Waals surface area (Å²) in [5, 5.41) is 2.38. The van der Waals surface area contributed by atoms with Crippen LogP contribution in [0.3, 0.4) is 0 Å². The molecule has 1 N–H and O–H groups in total. The molecule has 0 unspecified atom stereocenters. The van der Waals surface area contributed by atoms with E-state index in [1.807, 2.05) is 0 Å². The number of rotatable bonds is 10. The van der Waals surface area contributed by atoms with Crippen molar-refractivity contribution >= 4 is 33.8 Å². The SMILES string of the molecule is CCN(CC)S(=O)(=O)c1ccc(C(=O)NCC(=O)OCC(=O)N2CCC(C(=O)OC)CC2)cc1. The number of esters is 2. The minimum Gasteiger partial charge on any atom is -0.469 e. The van der Waals surface area contributed by atoms with Crippen LogP contribution in [0.1, 0.15) is 37.0 Å². The number of nitrogens with one attached hydrogen (secondary N) is 1. The molecular formula is C22H31N3O8S. The first-order chi connectivity index (χ1) is 16.1. The molecule has 1 aliphatic heterocycles. The van der Waals surface area contributed by atoms with E-state index >= 15 is 0 Å². The van der Waals surface area contributed by atoms with E-state index in [1.54, 1.807) is 13.8 Å². The zero-order valence-corrected chi connectivity index (χ0v) is 20.4. The Kier molecular flexibility index (Phi) is 9.99. The molecule has 188 valence electrons. The smallest absolute Gasteiger partial charge is 0.325 e. The van der Waals surface area contributed by atoms with E-state index in [0.29, 0.717) is 39.0 Å². The second-order valence-electron chi connectivity index (χ2n) is 7.64. The van der Waals surface area contributed by atoms with Gasteiger partial charge in [-0.1, -0.05) is 13.8 Å².